The standard InChI is InChI=1S/C15H27N3OS/c1-11(2)8-12(9-16)15(19)17-10-13(18(3)4)14-6-5-7-20-14/h5-7,11-13H,8-10,16H2,1-4H3,(H,17,19). The van der Waals surface area contributed by atoms with E-state index in [1.54, 1.807) is 11.3 Å². The average molecular weight is 297 g/mol. The Labute approximate surface area is 126 Å². The molecule has 0 bridgehead atoms. The van der Waals surface area contributed by atoms with Crippen molar-refractivity contribution < 1.29 is 4.79 Å². The smallest absolute Gasteiger partial charge is 0.224 e. The first-order valence-electron chi connectivity index (χ1n) is 7.13. The van der Waals surface area contributed by atoms with Gasteiger partial charge in [-0.2, -0.15) is 0 Å². The van der Waals surface area contributed by atoms with Gasteiger partial charge in [-0.15, -0.1) is 11.3 Å². The maximum atomic E-state index is 12.2. The molecule has 0 saturated heterocycles. The largest absolute Gasteiger partial charge is 0.354 e. The summed E-state index contributed by atoms with van der Waals surface area (Å²) in [6.45, 7) is 5.27. The minimum absolute atomic E-state index is 0.0737. The van der Waals surface area contributed by atoms with Crippen LogP contribution in [0.15, 0.2) is 17.5 Å². The maximum absolute atomic E-state index is 12.2. The van der Waals surface area contributed by atoms with E-state index in [1.807, 2.05) is 20.2 Å². The fraction of sp³-hybridized carbons (Fsp3) is 0.667. The van der Waals surface area contributed by atoms with Gasteiger partial charge in [-0.05, 0) is 37.9 Å². The fourth-order valence-corrected chi connectivity index (χ4v) is 3.16. The van der Waals surface area contributed by atoms with Crippen LogP contribution in [0.5, 0.6) is 0 Å². The van der Waals surface area contributed by atoms with Crippen LogP contribution in [-0.2, 0) is 4.79 Å². The van der Waals surface area contributed by atoms with Crippen molar-refractivity contribution in [3.8, 4) is 0 Å². The molecule has 0 saturated carbocycles. The highest BCUT2D eigenvalue weighted by Crippen LogP contribution is 2.22. The van der Waals surface area contributed by atoms with Crippen molar-refractivity contribution in [1.82, 2.24) is 10.2 Å². The van der Waals surface area contributed by atoms with E-state index in [9.17, 15) is 4.79 Å². The molecular weight excluding hydrogens is 270 g/mol. The van der Waals surface area contributed by atoms with Crippen LogP contribution >= 0.6 is 11.3 Å². The van der Waals surface area contributed by atoms with Gasteiger partial charge in [0, 0.05) is 18.0 Å². The number of amides is 1. The number of nitrogens with zero attached hydrogens (tertiary/aromatic N) is 1. The molecule has 20 heavy (non-hydrogen) atoms. The van der Waals surface area contributed by atoms with E-state index in [4.69, 9.17) is 5.73 Å². The molecule has 3 N–H and O–H groups in total. The minimum Gasteiger partial charge on any atom is -0.354 e. The van der Waals surface area contributed by atoms with E-state index < -0.39 is 0 Å². The number of nitrogens with two attached hydrogens (primary N) is 1. The summed E-state index contributed by atoms with van der Waals surface area (Å²) in [6.07, 6.45) is 0.841. The van der Waals surface area contributed by atoms with Crippen molar-refractivity contribution in [1.29, 1.82) is 0 Å². The van der Waals surface area contributed by atoms with Crippen molar-refractivity contribution >= 4 is 17.2 Å². The topological polar surface area (TPSA) is 58.4 Å². The predicted molar refractivity (Wildman–Crippen MR) is 85.8 cm³/mol. The molecule has 1 aromatic rings. The molecule has 2 unspecified atom stereocenters. The lowest BCUT2D eigenvalue weighted by Crippen LogP contribution is -2.40. The lowest BCUT2D eigenvalue weighted by molar-refractivity contribution is -0.125. The second-order valence-electron chi connectivity index (χ2n) is 5.80. The third-order valence-electron chi connectivity index (χ3n) is 3.38. The Morgan fingerprint density at radius 2 is 2.15 bits per heavy atom. The zero-order valence-electron chi connectivity index (χ0n) is 12.9. The highest BCUT2D eigenvalue weighted by molar-refractivity contribution is 7.10. The van der Waals surface area contributed by atoms with E-state index >= 15 is 0 Å². The second-order valence-corrected chi connectivity index (χ2v) is 6.78. The Balaban J connectivity index is 2.56. The number of likely N-dealkylation sites (N-methyl/N-ethyl adjacent to an activating group) is 1. The van der Waals surface area contributed by atoms with Crippen molar-refractivity contribution in [3.63, 3.8) is 0 Å². The van der Waals surface area contributed by atoms with Gasteiger partial charge in [-0.25, -0.2) is 0 Å². The van der Waals surface area contributed by atoms with E-state index in [0.717, 1.165) is 6.42 Å². The number of rotatable bonds is 8. The SMILES string of the molecule is CC(C)CC(CN)C(=O)NCC(c1cccs1)N(C)C. The lowest BCUT2D eigenvalue weighted by atomic mass is 9.96. The van der Waals surface area contributed by atoms with Gasteiger partial charge >= 0.3 is 0 Å². The van der Waals surface area contributed by atoms with Crippen LogP contribution in [0.4, 0.5) is 0 Å². The van der Waals surface area contributed by atoms with E-state index in [2.05, 4.69) is 35.5 Å². The molecule has 1 rings (SSSR count). The summed E-state index contributed by atoms with van der Waals surface area (Å²) in [5, 5.41) is 5.12. The molecule has 0 aliphatic heterocycles. The molecule has 5 heteroatoms. The van der Waals surface area contributed by atoms with Crippen molar-refractivity contribution in [2.24, 2.45) is 17.6 Å². The molecule has 1 amide bonds. The Morgan fingerprint density at radius 3 is 2.60 bits per heavy atom. The summed E-state index contributed by atoms with van der Waals surface area (Å²) in [5.74, 6) is 0.474. The first kappa shape index (κ1) is 17.1. The minimum atomic E-state index is -0.0823. The summed E-state index contributed by atoms with van der Waals surface area (Å²) < 4.78 is 0. The van der Waals surface area contributed by atoms with Crippen molar-refractivity contribution in [2.45, 2.75) is 26.3 Å². The first-order valence-corrected chi connectivity index (χ1v) is 8.01. The number of nitrogens with one attached hydrogen (secondary N) is 1. The van der Waals surface area contributed by atoms with Gasteiger partial charge in [-0.1, -0.05) is 19.9 Å². The summed E-state index contributed by atoms with van der Waals surface area (Å²) in [6, 6.07) is 4.37. The molecule has 114 valence electrons. The number of hydrogen-bond donors (Lipinski definition) is 2. The quantitative estimate of drug-likeness (QED) is 0.772. The van der Waals surface area contributed by atoms with Gasteiger partial charge in [0.05, 0.1) is 12.0 Å². The van der Waals surface area contributed by atoms with Crippen LogP contribution in [0.2, 0.25) is 0 Å². The number of thiophene rings is 1. The highest BCUT2D eigenvalue weighted by atomic mass is 32.1. The highest BCUT2D eigenvalue weighted by Gasteiger charge is 2.21. The number of carbonyl (C=O) groups is 1. The molecule has 1 heterocycles. The number of carbonyl (C=O) groups excluding carboxylic acids is 1. The molecule has 0 fully saturated rings. The molecule has 0 aliphatic carbocycles. The van der Waals surface area contributed by atoms with E-state index in [1.165, 1.54) is 4.88 Å². The molecule has 2 atom stereocenters. The van der Waals surface area contributed by atoms with Crippen LogP contribution in [0.1, 0.15) is 31.2 Å². The molecule has 0 aromatic carbocycles. The summed E-state index contributed by atoms with van der Waals surface area (Å²) in [7, 11) is 4.07. The van der Waals surface area contributed by atoms with Gasteiger partial charge in [0.15, 0.2) is 0 Å². The Hall–Kier alpha value is -0.910. The molecule has 0 radical (unpaired) electrons. The van der Waals surface area contributed by atoms with Crippen LogP contribution in [0.25, 0.3) is 0 Å². The third-order valence-corrected chi connectivity index (χ3v) is 4.35. The van der Waals surface area contributed by atoms with Gasteiger partial charge in [0.1, 0.15) is 0 Å². The maximum Gasteiger partial charge on any atom is 0.224 e. The van der Waals surface area contributed by atoms with Crippen LogP contribution in [0, 0.1) is 11.8 Å². The lowest BCUT2D eigenvalue weighted by Gasteiger charge is -2.25. The van der Waals surface area contributed by atoms with Gasteiger partial charge < -0.3 is 16.0 Å². The molecular formula is C15H27N3OS. The summed E-state index contributed by atoms with van der Waals surface area (Å²) in [5.41, 5.74) is 5.71. The summed E-state index contributed by atoms with van der Waals surface area (Å²) in [4.78, 5) is 15.6. The van der Waals surface area contributed by atoms with Crippen LogP contribution in [0.3, 0.4) is 0 Å². The normalized spacial score (nSPS) is 14.6. The molecule has 1 aromatic heterocycles. The van der Waals surface area contributed by atoms with Gasteiger partial charge in [0.25, 0.3) is 0 Å². The molecule has 4 nitrogen and oxygen atoms in total. The third kappa shape index (κ3) is 5.23. The van der Waals surface area contributed by atoms with Crippen LogP contribution < -0.4 is 11.1 Å². The summed E-state index contributed by atoms with van der Waals surface area (Å²) >= 11 is 1.72. The zero-order chi connectivity index (χ0) is 15.1. The monoisotopic (exact) mass is 297 g/mol. The van der Waals surface area contributed by atoms with E-state index in [-0.39, 0.29) is 17.9 Å². The van der Waals surface area contributed by atoms with Crippen LogP contribution in [-0.4, -0.2) is 38.0 Å². The van der Waals surface area contributed by atoms with Crippen molar-refractivity contribution in [3.05, 3.63) is 22.4 Å². The second kappa shape index (κ2) is 8.39. The Morgan fingerprint density at radius 1 is 1.45 bits per heavy atom. The number of hydrogen-bond acceptors (Lipinski definition) is 4. The van der Waals surface area contributed by atoms with E-state index in [0.29, 0.717) is 19.0 Å². The molecule has 0 spiro atoms. The van der Waals surface area contributed by atoms with Crippen molar-refractivity contribution in [2.75, 3.05) is 27.2 Å². The van der Waals surface area contributed by atoms with Gasteiger partial charge in [0.2, 0.25) is 5.91 Å². The zero-order valence-corrected chi connectivity index (χ0v) is 13.7. The Bertz CT molecular complexity index is 390. The first-order chi connectivity index (χ1) is 9.45. The molecule has 0 aliphatic rings. The van der Waals surface area contributed by atoms with Gasteiger partial charge in [-0.3, -0.25) is 4.79 Å². The predicted octanol–water partition coefficient (Wildman–Crippen LogP) is 2.09. The Kier molecular flexibility index (Phi) is 7.19. The fourth-order valence-electron chi connectivity index (χ4n) is 2.24. The average Bonchev–Trinajstić information content (AvgIpc) is 2.89.